The second kappa shape index (κ2) is 4.78. The van der Waals surface area contributed by atoms with E-state index in [1.807, 2.05) is 37.3 Å². The van der Waals surface area contributed by atoms with Gasteiger partial charge in [0.25, 0.3) is 0 Å². The van der Waals surface area contributed by atoms with E-state index in [1.165, 1.54) is 7.11 Å². The average molecular weight is 231 g/mol. The molecule has 0 saturated carbocycles. The molecule has 0 spiro atoms. The summed E-state index contributed by atoms with van der Waals surface area (Å²) in [6.07, 6.45) is 0.659. The molecule has 0 unspecified atom stereocenters. The number of carbonyl (C=O) groups is 1. The number of aromatic nitrogens is 3. The van der Waals surface area contributed by atoms with E-state index in [4.69, 9.17) is 0 Å². The Morgan fingerprint density at radius 1 is 1.35 bits per heavy atom. The first-order chi connectivity index (χ1) is 8.27. The van der Waals surface area contributed by atoms with Gasteiger partial charge in [-0.05, 0) is 18.6 Å². The van der Waals surface area contributed by atoms with Crippen LogP contribution in [0.2, 0.25) is 0 Å². The van der Waals surface area contributed by atoms with Crippen molar-refractivity contribution in [1.29, 1.82) is 0 Å². The number of nitrogens with zero attached hydrogens (tertiary/aromatic N) is 3. The molecule has 0 aliphatic carbocycles. The summed E-state index contributed by atoms with van der Waals surface area (Å²) < 4.78 is 6.33. The Morgan fingerprint density at radius 3 is 2.65 bits per heavy atom. The molecule has 5 heteroatoms. The highest BCUT2D eigenvalue weighted by atomic mass is 16.5. The molecule has 0 fully saturated rings. The van der Waals surface area contributed by atoms with E-state index in [2.05, 4.69) is 15.0 Å². The molecule has 0 amide bonds. The van der Waals surface area contributed by atoms with Crippen molar-refractivity contribution in [2.45, 2.75) is 13.3 Å². The minimum absolute atomic E-state index is 0.277. The fraction of sp³-hybridized carbons (Fsp3) is 0.250. The Labute approximate surface area is 99.0 Å². The number of para-hydroxylation sites is 1. The van der Waals surface area contributed by atoms with E-state index in [-0.39, 0.29) is 5.69 Å². The summed E-state index contributed by atoms with van der Waals surface area (Å²) >= 11 is 0. The zero-order valence-electron chi connectivity index (χ0n) is 9.75. The highest BCUT2D eigenvalue weighted by molar-refractivity contribution is 5.88. The average Bonchev–Trinajstić information content (AvgIpc) is 2.82. The molecule has 0 aliphatic heterocycles. The number of ether oxygens (including phenoxy) is 1. The molecule has 0 radical (unpaired) electrons. The molecule has 17 heavy (non-hydrogen) atoms. The number of benzene rings is 1. The highest BCUT2D eigenvalue weighted by Crippen LogP contribution is 2.13. The van der Waals surface area contributed by atoms with E-state index in [1.54, 1.807) is 4.68 Å². The Balaban J connectivity index is 2.50. The monoisotopic (exact) mass is 231 g/mol. The lowest BCUT2D eigenvalue weighted by atomic mass is 10.2. The van der Waals surface area contributed by atoms with Crippen LogP contribution in [-0.4, -0.2) is 28.1 Å². The number of rotatable bonds is 3. The molecule has 1 aromatic heterocycles. The molecule has 1 heterocycles. The Hall–Kier alpha value is -2.17. The van der Waals surface area contributed by atoms with Crippen LogP contribution in [0.4, 0.5) is 0 Å². The van der Waals surface area contributed by atoms with Gasteiger partial charge in [0.1, 0.15) is 0 Å². The van der Waals surface area contributed by atoms with Crippen LogP contribution >= 0.6 is 0 Å². The molecule has 5 nitrogen and oxygen atoms in total. The largest absolute Gasteiger partial charge is 0.464 e. The Bertz CT molecular complexity index is 520. The zero-order valence-corrected chi connectivity index (χ0v) is 9.75. The van der Waals surface area contributed by atoms with Gasteiger partial charge in [0.2, 0.25) is 0 Å². The number of hydrogen-bond donors (Lipinski definition) is 0. The SMILES string of the molecule is CCc1c(C(=O)OC)nnn1-c1ccccc1. The van der Waals surface area contributed by atoms with E-state index in [0.29, 0.717) is 6.42 Å². The van der Waals surface area contributed by atoms with Crippen molar-refractivity contribution in [3.8, 4) is 5.69 Å². The first kappa shape index (κ1) is 11.3. The van der Waals surface area contributed by atoms with Crippen molar-refractivity contribution in [1.82, 2.24) is 15.0 Å². The number of hydrogen-bond acceptors (Lipinski definition) is 4. The van der Waals surface area contributed by atoms with E-state index >= 15 is 0 Å². The van der Waals surface area contributed by atoms with Crippen molar-refractivity contribution in [3.05, 3.63) is 41.7 Å². The predicted octanol–water partition coefficient (Wildman–Crippen LogP) is 1.62. The third kappa shape index (κ3) is 2.04. The van der Waals surface area contributed by atoms with E-state index in [9.17, 15) is 4.79 Å². The van der Waals surface area contributed by atoms with Crippen LogP contribution < -0.4 is 0 Å². The van der Waals surface area contributed by atoms with Crippen molar-refractivity contribution in [3.63, 3.8) is 0 Å². The predicted molar refractivity (Wildman–Crippen MR) is 62.1 cm³/mol. The smallest absolute Gasteiger partial charge is 0.360 e. The van der Waals surface area contributed by atoms with Gasteiger partial charge in [0.15, 0.2) is 5.69 Å². The first-order valence-electron chi connectivity index (χ1n) is 5.36. The lowest BCUT2D eigenvalue weighted by Crippen LogP contribution is -2.07. The van der Waals surface area contributed by atoms with Crippen molar-refractivity contribution >= 4 is 5.97 Å². The summed E-state index contributed by atoms with van der Waals surface area (Å²) in [5, 5.41) is 7.86. The highest BCUT2D eigenvalue weighted by Gasteiger charge is 2.19. The second-order valence-corrected chi connectivity index (χ2v) is 3.48. The van der Waals surface area contributed by atoms with Crippen molar-refractivity contribution < 1.29 is 9.53 Å². The van der Waals surface area contributed by atoms with Crippen LogP contribution in [-0.2, 0) is 11.2 Å². The maximum Gasteiger partial charge on any atom is 0.360 e. The Morgan fingerprint density at radius 2 is 2.06 bits per heavy atom. The van der Waals surface area contributed by atoms with Gasteiger partial charge in [-0.25, -0.2) is 9.48 Å². The van der Waals surface area contributed by atoms with Crippen LogP contribution in [0.5, 0.6) is 0 Å². The standard InChI is InChI=1S/C12H13N3O2/c1-3-10-11(12(16)17-2)13-14-15(10)9-7-5-4-6-8-9/h4-8H,3H2,1-2H3. The van der Waals surface area contributed by atoms with Gasteiger partial charge in [0, 0.05) is 0 Å². The third-order valence-electron chi connectivity index (χ3n) is 2.48. The molecule has 1 aromatic carbocycles. The van der Waals surface area contributed by atoms with Crippen LogP contribution in [0.15, 0.2) is 30.3 Å². The fourth-order valence-electron chi connectivity index (χ4n) is 1.65. The molecule has 0 aliphatic rings. The van der Waals surface area contributed by atoms with Gasteiger partial charge in [0.05, 0.1) is 18.5 Å². The second-order valence-electron chi connectivity index (χ2n) is 3.48. The van der Waals surface area contributed by atoms with Crippen LogP contribution in [0.25, 0.3) is 5.69 Å². The topological polar surface area (TPSA) is 57.0 Å². The minimum Gasteiger partial charge on any atom is -0.464 e. The van der Waals surface area contributed by atoms with E-state index in [0.717, 1.165) is 11.4 Å². The van der Waals surface area contributed by atoms with Crippen LogP contribution in [0.1, 0.15) is 23.1 Å². The summed E-state index contributed by atoms with van der Waals surface area (Å²) in [5.74, 6) is -0.455. The number of carbonyl (C=O) groups excluding carboxylic acids is 1. The summed E-state index contributed by atoms with van der Waals surface area (Å²) in [6.45, 7) is 1.95. The van der Waals surface area contributed by atoms with Crippen LogP contribution in [0, 0.1) is 0 Å². The number of methoxy groups -OCH3 is 1. The van der Waals surface area contributed by atoms with Gasteiger partial charge in [-0.3, -0.25) is 0 Å². The summed E-state index contributed by atoms with van der Waals surface area (Å²) in [7, 11) is 1.34. The summed E-state index contributed by atoms with van der Waals surface area (Å²) in [5.41, 5.74) is 1.91. The lowest BCUT2D eigenvalue weighted by Gasteiger charge is -2.04. The van der Waals surface area contributed by atoms with Crippen molar-refractivity contribution in [2.24, 2.45) is 0 Å². The molecule has 0 atom stereocenters. The molecule has 0 N–H and O–H groups in total. The molecule has 0 bridgehead atoms. The summed E-state index contributed by atoms with van der Waals surface area (Å²) in [4.78, 5) is 11.5. The maximum atomic E-state index is 11.5. The molecule has 2 aromatic rings. The third-order valence-corrected chi connectivity index (χ3v) is 2.48. The van der Waals surface area contributed by atoms with Gasteiger partial charge in [-0.15, -0.1) is 5.10 Å². The van der Waals surface area contributed by atoms with Gasteiger partial charge >= 0.3 is 5.97 Å². The molecule has 2 rings (SSSR count). The Kier molecular flexibility index (Phi) is 3.18. The van der Waals surface area contributed by atoms with Crippen LogP contribution in [0.3, 0.4) is 0 Å². The maximum absolute atomic E-state index is 11.5. The first-order valence-corrected chi connectivity index (χ1v) is 5.36. The lowest BCUT2D eigenvalue weighted by molar-refractivity contribution is 0.0592. The molecule has 88 valence electrons. The van der Waals surface area contributed by atoms with Gasteiger partial charge < -0.3 is 4.74 Å². The number of esters is 1. The normalized spacial score (nSPS) is 10.2. The van der Waals surface area contributed by atoms with E-state index < -0.39 is 5.97 Å². The zero-order chi connectivity index (χ0) is 12.3. The fourth-order valence-corrected chi connectivity index (χ4v) is 1.65. The van der Waals surface area contributed by atoms with Gasteiger partial charge in [-0.2, -0.15) is 0 Å². The van der Waals surface area contributed by atoms with Crippen molar-refractivity contribution in [2.75, 3.05) is 7.11 Å². The molecular weight excluding hydrogens is 218 g/mol. The summed E-state index contributed by atoms with van der Waals surface area (Å²) in [6, 6.07) is 9.57. The minimum atomic E-state index is -0.455. The van der Waals surface area contributed by atoms with Gasteiger partial charge in [-0.1, -0.05) is 30.3 Å². The molecular formula is C12H13N3O2. The molecule has 0 saturated heterocycles. The quantitative estimate of drug-likeness (QED) is 0.753.